The summed E-state index contributed by atoms with van der Waals surface area (Å²) in [6.07, 6.45) is 0. The van der Waals surface area contributed by atoms with Crippen molar-refractivity contribution in [1.82, 2.24) is 0 Å². The second-order valence-corrected chi connectivity index (χ2v) is 8.79. The first-order valence-corrected chi connectivity index (χ1v) is 10.5. The lowest BCUT2D eigenvalue weighted by molar-refractivity contribution is 0.793. The molecule has 0 fully saturated rings. The zero-order valence-corrected chi connectivity index (χ0v) is 17.3. The average Bonchev–Trinajstić information content (AvgIpc) is 3.16. The fourth-order valence-corrected chi connectivity index (χ4v) is 6.08. The van der Waals surface area contributed by atoms with Gasteiger partial charge in [0.05, 0.1) is 5.41 Å². The predicted octanol–water partition coefficient (Wildman–Crippen LogP) is 7.29. The maximum Gasteiger partial charge on any atom is 0.0726 e. The summed E-state index contributed by atoms with van der Waals surface area (Å²) in [5.41, 5.74) is 10.4. The second kappa shape index (κ2) is 5.46. The van der Waals surface area contributed by atoms with E-state index in [9.17, 15) is 0 Å². The lowest BCUT2D eigenvalue weighted by Crippen LogP contribution is -2.25. The van der Waals surface area contributed by atoms with Gasteiger partial charge in [0.1, 0.15) is 0 Å². The molecule has 128 valence electrons. The highest BCUT2D eigenvalue weighted by atomic mass is 127. The summed E-state index contributed by atoms with van der Waals surface area (Å²) in [5.74, 6) is 0. The van der Waals surface area contributed by atoms with Crippen LogP contribution >= 0.6 is 34.2 Å². The first kappa shape index (κ1) is 15.9. The van der Waals surface area contributed by atoms with Crippen LogP contribution in [0.4, 0.5) is 0 Å². The molecule has 2 aliphatic rings. The lowest BCUT2D eigenvalue weighted by atomic mass is 9.70. The zero-order chi connectivity index (χ0) is 18.2. The minimum absolute atomic E-state index is 0.288. The third-order valence-electron chi connectivity index (χ3n) is 6.02. The van der Waals surface area contributed by atoms with Gasteiger partial charge in [-0.2, -0.15) is 0 Å². The Labute approximate surface area is 177 Å². The molecule has 0 aliphatic heterocycles. The Morgan fingerprint density at radius 3 is 1.93 bits per heavy atom. The Morgan fingerprint density at radius 1 is 0.593 bits per heavy atom. The van der Waals surface area contributed by atoms with Crippen molar-refractivity contribution in [2.45, 2.75) is 5.41 Å². The van der Waals surface area contributed by atoms with Crippen LogP contribution in [0.2, 0.25) is 5.02 Å². The number of benzene rings is 4. The average molecular weight is 477 g/mol. The molecule has 0 unspecified atom stereocenters. The van der Waals surface area contributed by atoms with E-state index in [2.05, 4.69) is 101 Å². The van der Waals surface area contributed by atoms with Crippen LogP contribution in [0.15, 0.2) is 84.9 Å². The smallest absolute Gasteiger partial charge is 0.0726 e. The number of fused-ring (bicyclic) bond motifs is 10. The van der Waals surface area contributed by atoms with Crippen molar-refractivity contribution >= 4 is 34.2 Å². The van der Waals surface area contributed by atoms with E-state index in [1.54, 1.807) is 0 Å². The molecule has 0 N–H and O–H groups in total. The van der Waals surface area contributed by atoms with Crippen molar-refractivity contribution in [3.63, 3.8) is 0 Å². The van der Waals surface area contributed by atoms with Crippen LogP contribution < -0.4 is 0 Å². The molecule has 0 radical (unpaired) electrons. The third-order valence-corrected chi connectivity index (χ3v) is 7.16. The largest absolute Gasteiger partial charge is 0.0843 e. The fourth-order valence-electron chi connectivity index (χ4n) is 5.12. The molecule has 4 aromatic carbocycles. The van der Waals surface area contributed by atoms with E-state index in [0.717, 1.165) is 5.02 Å². The Kier molecular flexibility index (Phi) is 3.22. The van der Waals surface area contributed by atoms with Gasteiger partial charge in [0.25, 0.3) is 0 Å². The van der Waals surface area contributed by atoms with E-state index in [-0.39, 0.29) is 5.41 Å². The minimum atomic E-state index is -0.288. The summed E-state index contributed by atoms with van der Waals surface area (Å²) in [4.78, 5) is 0. The second-order valence-electron chi connectivity index (χ2n) is 7.19. The highest BCUT2D eigenvalue weighted by Crippen LogP contribution is 2.63. The molecule has 6 rings (SSSR count). The monoisotopic (exact) mass is 476 g/mol. The molecule has 2 heteroatoms. The van der Waals surface area contributed by atoms with Gasteiger partial charge in [-0.3, -0.25) is 0 Å². The Morgan fingerprint density at radius 2 is 1.22 bits per heavy atom. The van der Waals surface area contributed by atoms with Crippen LogP contribution in [0, 0.1) is 3.57 Å². The van der Waals surface area contributed by atoms with Gasteiger partial charge in [0.2, 0.25) is 0 Å². The van der Waals surface area contributed by atoms with Crippen LogP contribution in [0.1, 0.15) is 22.3 Å². The van der Waals surface area contributed by atoms with Gasteiger partial charge in [-0.05, 0) is 79.7 Å². The maximum atomic E-state index is 6.52. The van der Waals surface area contributed by atoms with Crippen LogP contribution in [-0.2, 0) is 5.41 Å². The molecule has 0 bridgehead atoms. The summed E-state index contributed by atoms with van der Waals surface area (Å²) >= 11 is 8.99. The van der Waals surface area contributed by atoms with Crippen molar-refractivity contribution in [1.29, 1.82) is 0 Å². The molecule has 2 aliphatic carbocycles. The van der Waals surface area contributed by atoms with Crippen LogP contribution in [0.5, 0.6) is 0 Å². The van der Waals surface area contributed by atoms with Gasteiger partial charge in [-0.25, -0.2) is 0 Å². The van der Waals surface area contributed by atoms with E-state index in [1.165, 1.54) is 48.1 Å². The molecule has 27 heavy (non-hydrogen) atoms. The summed E-state index contributed by atoms with van der Waals surface area (Å²) in [6, 6.07) is 30.7. The molecule has 0 aromatic heterocycles. The summed E-state index contributed by atoms with van der Waals surface area (Å²) in [6.45, 7) is 0. The standard InChI is InChI=1S/C25H14ClI/c26-15-12-13-18-22(14-15)25(21-10-5-11-23(27)24(18)21)19-8-3-1-6-16(19)17-7-2-4-9-20(17)25/h1-14H. The third kappa shape index (κ3) is 1.84. The predicted molar refractivity (Wildman–Crippen MR) is 120 cm³/mol. The highest BCUT2D eigenvalue weighted by molar-refractivity contribution is 14.1. The number of hydrogen-bond acceptors (Lipinski definition) is 0. The van der Waals surface area contributed by atoms with E-state index >= 15 is 0 Å². The Bertz CT molecular complexity index is 1210. The molecule has 0 amide bonds. The van der Waals surface area contributed by atoms with Crippen LogP contribution in [0.25, 0.3) is 22.3 Å². The van der Waals surface area contributed by atoms with Crippen LogP contribution in [0.3, 0.4) is 0 Å². The lowest BCUT2D eigenvalue weighted by Gasteiger charge is -2.30. The quantitative estimate of drug-likeness (QED) is 0.202. The molecule has 0 nitrogen and oxygen atoms in total. The summed E-state index contributed by atoms with van der Waals surface area (Å²) < 4.78 is 1.28. The van der Waals surface area contributed by atoms with Gasteiger partial charge in [0, 0.05) is 14.2 Å². The highest BCUT2D eigenvalue weighted by Gasteiger charge is 2.51. The van der Waals surface area contributed by atoms with Gasteiger partial charge in [0.15, 0.2) is 0 Å². The van der Waals surface area contributed by atoms with Crippen LogP contribution in [-0.4, -0.2) is 0 Å². The Balaban J connectivity index is 1.89. The molecule has 0 saturated heterocycles. The summed E-state index contributed by atoms with van der Waals surface area (Å²) in [5, 5.41) is 0.790. The summed E-state index contributed by atoms with van der Waals surface area (Å²) in [7, 11) is 0. The SMILES string of the molecule is Clc1ccc2c(c1)C1(c3ccccc3-c3ccccc31)c1cccc(I)c1-2. The number of halogens is 2. The van der Waals surface area contributed by atoms with Gasteiger partial charge >= 0.3 is 0 Å². The van der Waals surface area contributed by atoms with Crippen molar-refractivity contribution < 1.29 is 0 Å². The van der Waals surface area contributed by atoms with Crippen molar-refractivity contribution in [3.05, 3.63) is 116 Å². The molecular formula is C25H14ClI. The van der Waals surface area contributed by atoms with Gasteiger partial charge < -0.3 is 0 Å². The van der Waals surface area contributed by atoms with Crippen molar-refractivity contribution in [3.8, 4) is 22.3 Å². The molecule has 0 saturated carbocycles. The number of rotatable bonds is 0. The molecular weight excluding hydrogens is 463 g/mol. The minimum Gasteiger partial charge on any atom is -0.0843 e. The van der Waals surface area contributed by atoms with Crippen molar-refractivity contribution in [2.75, 3.05) is 0 Å². The normalized spacial score (nSPS) is 14.6. The zero-order valence-electron chi connectivity index (χ0n) is 14.3. The molecule has 0 atom stereocenters. The number of hydrogen-bond donors (Lipinski definition) is 0. The first-order valence-electron chi connectivity index (χ1n) is 9.01. The van der Waals surface area contributed by atoms with Crippen molar-refractivity contribution in [2.24, 2.45) is 0 Å². The first-order chi connectivity index (χ1) is 13.2. The molecule has 4 aromatic rings. The van der Waals surface area contributed by atoms with E-state index in [1.807, 2.05) is 6.07 Å². The van der Waals surface area contributed by atoms with E-state index in [0.29, 0.717) is 0 Å². The Hall–Kier alpha value is -2.10. The molecule has 1 spiro atoms. The molecule has 0 heterocycles. The van der Waals surface area contributed by atoms with E-state index in [4.69, 9.17) is 11.6 Å². The topological polar surface area (TPSA) is 0 Å². The van der Waals surface area contributed by atoms with Gasteiger partial charge in [-0.1, -0.05) is 78.3 Å². The van der Waals surface area contributed by atoms with E-state index < -0.39 is 0 Å². The fraction of sp³-hybridized carbons (Fsp3) is 0.0400. The maximum absolute atomic E-state index is 6.52. The van der Waals surface area contributed by atoms with Gasteiger partial charge in [-0.15, -0.1) is 0 Å².